The van der Waals surface area contributed by atoms with Crippen molar-refractivity contribution >= 4 is 23.4 Å². The van der Waals surface area contributed by atoms with Crippen molar-refractivity contribution in [3.8, 4) is 0 Å². The summed E-state index contributed by atoms with van der Waals surface area (Å²) >= 11 is 5.90. The Bertz CT molecular complexity index is 640. The molecule has 2 fully saturated rings. The number of carbonyl (C=O) groups excluding carboxylic acids is 2. The number of hydrogen-bond donors (Lipinski definition) is 1. The summed E-state index contributed by atoms with van der Waals surface area (Å²) in [6, 6.07) is 5.27. The lowest BCUT2D eigenvalue weighted by molar-refractivity contribution is -0.142. The van der Waals surface area contributed by atoms with Gasteiger partial charge in [0.15, 0.2) is 0 Å². The molecule has 0 spiro atoms. The normalized spacial score (nSPS) is 19.6. The molecular formula is C21H28ClFN2O2. The van der Waals surface area contributed by atoms with Gasteiger partial charge in [0.05, 0.1) is 0 Å². The predicted molar refractivity (Wildman–Crippen MR) is 104 cm³/mol. The zero-order valence-corrected chi connectivity index (χ0v) is 16.4. The van der Waals surface area contributed by atoms with Crippen molar-refractivity contribution in [1.82, 2.24) is 10.2 Å². The Morgan fingerprint density at radius 2 is 1.63 bits per heavy atom. The monoisotopic (exact) mass is 394 g/mol. The second-order valence-corrected chi connectivity index (χ2v) is 7.94. The number of nitrogens with zero attached hydrogens (tertiary/aromatic N) is 1. The lowest BCUT2D eigenvalue weighted by Crippen LogP contribution is -2.50. The number of nitrogens with one attached hydrogen (secondary N) is 1. The van der Waals surface area contributed by atoms with Crippen molar-refractivity contribution in [2.75, 3.05) is 5.88 Å². The molecule has 0 unspecified atom stereocenters. The number of rotatable bonds is 6. The van der Waals surface area contributed by atoms with Crippen LogP contribution in [0.1, 0.15) is 69.4 Å². The maximum atomic E-state index is 13.4. The fraction of sp³-hybridized carbons (Fsp3) is 0.619. The third-order valence-electron chi connectivity index (χ3n) is 5.78. The van der Waals surface area contributed by atoms with Crippen LogP contribution in [0.25, 0.3) is 0 Å². The van der Waals surface area contributed by atoms with Crippen LogP contribution in [0.4, 0.5) is 4.39 Å². The van der Waals surface area contributed by atoms with Crippen LogP contribution in [0.3, 0.4) is 0 Å². The standard InChI is InChI=1S/C21H28ClFN2O2/c22-14-19(26)25(18-8-4-5-9-18)20(15-10-12-16(23)13-11-15)21(27)24-17-6-2-1-3-7-17/h10-13,17-18,20H,1-9,14H2,(H,24,27)/t20-/m0/s1. The average Bonchev–Trinajstić information content (AvgIpc) is 3.21. The third kappa shape index (κ3) is 5.01. The Kier molecular flexibility index (Phi) is 7.11. The maximum absolute atomic E-state index is 13.4. The topological polar surface area (TPSA) is 49.4 Å². The Labute approximate surface area is 165 Å². The number of alkyl halides is 1. The van der Waals surface area contributed by atoms with Gasteiger partial charge in [0.1, 0.15) is 17.7 Å². The molecule has 0 saturated heterocycles. The van der Waals surface area contributed by atoms with Crippen molar-refractivity contribution in [2.45, 2.75) is 75.9 Å². The van der Waals surface area contributed by atoms with Gasteiger partial charge in [-0.1, -0.05) is 44.2 Å². The molecule has 2 aliphatic carbocycles. The van der Waals surface area contributed by atoms with E-state index in [9.17, 15) is 14.0 Å². The van der Waals surface area contributed by atoms with E-state index in [1.807, 2.05) is 0 Å². The highest BCUT2D eigenvalue weighted by Gasteiger charge is 2.37. The van der Waals surface area contributed by atoms with Crippen LogP contribution < -0.4 is 5.32 Å². The lowest BCUT2D eigenvalue weighted by Gasteiger charge is -2.37. The molecule has 4 nitrogen and oxygen atoms in total. The molecule has 1 aromatic rings. The summed E-state index contributed by atoms with van der Waals surface area (Å²) in [6.45, 7) is 0. The van der Waals surface area contributed by atoms with E-state index in [-0.39, 0.29) is 35.6 Å². The minimum atomic E-state index is -0.762. The first-order chi connectivity index (χ1) is 13.1. The summed E-state index contributed by atoms with van der Waals surface area (Å²) in [7, 11) is 0. The average molecular weight is 395 g/mol. The molecule has 1 atom stereocenters. The highest BCUT2D eigenvalue weighted by Crippen LogP contribution is 2.32. The highest BCUT2D eigenvalue weighted by molar-refractivity contribution is 6.27. The largest absolute Gasteiger partial charge is 0.351 e. The predicted octanol–water partition coefficient (Wildman–Crippen LogP) is 4.33. The van der Waals surface area contributed by atoms with Gasteiger partial charge in [-0.2, -0.15) is 0 Å². The molecule has 0 aliphatic heterocycles. The molecular weight excluding hydrogens is 367 g/mol. The third-order valence-corrected chi connectivity index (χ3v) is 6.01. The van der Waals surface area contributed by atoms with Gasteiger partial charge in [-0.3, -0.25) is 9.59 Å². The molecule has 3 rings (SSSR count). The Hall–Kier alpha value is -1.62. The molecule has 1 N–H and O–H groups in total. The lowest BCUT2D eigenvalue weighted by atomic mass is 9.94. The summed E-state index contributed by atoms with van der Waals surface area (Å²) < 4.78 is 13.4. The second-order valence-electron chi connectivity index (χ2n) is 7.67. The molecule has 0 radical (unpaired) electrons. The highest BCUT2D eigenvalue weighted by atomic mass is 35.5. The molecule has 27 heavy (non-hydrogen) atoms. The van der Waals surface area contributed by atoms with E-state index in [4.69, 9.17) is 11.6 Å². The van der Waals surface area contributed by atoms with Crippen molar-refractivity contribution in [2.24, 2.45) is 0 Å². The first-order valence-electron chi connectivity index (χ1n) is 10.0. The molecule has 6 heteroatoms. The van der Waals surface area contributed by atoms with Crippen molar-refractivity contribution < 1.29 is 14.0 Å². The Morgan fingerprint density at radius 3 is 2.22 bits per heavy atom. The van der Waals surface area contributed by atoms with E-state index in [1.54, 1.807) is 17.0 Å². The molecule has 148 valence electrons. The number of hydrogen-bond acceptors (Lipinski definition) is 2. The fourth-order valence-electron chi connectivity index (χ4n) is 4.42. The minimum absolute atomic E-state index is 0.00316. The molecule has 0 aromatic heterocycles. The van der Waals surface area contributed by atoms with Crippen LogP contribution in [0.15, 0.2) is 24.3 Å². The van der Waals surface area contributed by atoms with Crippen LogP contribution in [-0.2, 0) is 9.59 Å². The number of benzene rings is 1. The number of halogens is 2. The van der Waals surface area contributed by atoms with E-state index < -0.39 is 6.04 Å². The number of amides is 2. The zero-order valence-electron chi connectivity index (χ0n) is 15.6. The quantitative estimate of drug-likeness (QED) is 0.730. The van der Waals surface area contributed by atoms with Crippen LogP contribution in [0.5, 0.6) is 0 Å². The van der Waals surface area contributed by atoms with Gasteiger partial charge in [0, 0.05) is 12.1 Å². The van der Waals surface area contributed by atoms with E-state index in [0.717, 1.165) is 51.4 Å². The van der Waals surface area contributed by atoms with Crippen molar-refractivity contribution in [3.05, 3.63) is 35.6 Å². The first kappa shape index (κ1) is 20.1. The van der Waals surface area contributed by atoms with Gasteiger partial charge < -0.3 is 10.2 Å². The molecule has 0 bridgehead atoms. The van der Waals surface area contributed by atoms with Crippen molar-refractivity contribution in [1.29, 1.82) is 0 Å². The van der Waals surface area contributed by atoms with Crippen LogP contribution in [0, 0.1) is 5.82 Å². The second kappa shape index (κ2) is 9.54. The van der Waals surface area contributed by atoms with Gasteiger partial charge in [0.2, 0.25) is 11.8 Å². The Balaban J connectivity index is 1.90. The molecule has 2 saturated carbocycles. The summed E-state index contributed by atoms with van der Waals surface area (Å²) in [5.74, 6) is -0.943. The van der Waals surface area contributed by atoms with Crippen LogP contribution in [0.2, 0.25) is 0 Å². The zero-order chi connectivity index (χ0) is 19.2. The fourth-order valence-corrected chi connectivity index (χ4v) is 4.56. The minimum Gasteiger partial charge on any atom is -0.351 e. The van der Waals surface area contributed by atoms with Crippen LogP contribution in [-0.4, -0.2) is 34.7 Å². The summed E-state index contributed by atoms with van der Waals surface area (Å²) in [5, 5.41) is 3.15. The summed E-state index contributed by atoms with van der Waals surface area (Å²) in [5.41, 5.74) is 0.634. The molecule has 2 aliphatic rings. The molecule has 2 amide bonds. The van der Waals surface area contributed by atoms with Gasteiger partial charge in [-0.05, 0) is 43.4 Å². The molecule has 1 aromatic carbocycles. The van der Waals surface area contributed by atoms with Gasteiger partial charge >= 0.3 is 0 Å². The van der Waals surface area contributed by atoms with Crippen molar-refractivity contribution in [3.63, 3.8) is 0 Å². The van der Waals surface area contributed by atoms with Gasteiger partial charge in [-0.25, -0.2) is 4.39 Å². The molecule has 0 heterocycles. The van der Waals surface area contributed by atoms with Gasteiger partial charge in [0.25, 0.3) is 0 Å². The number of carbonyl (C=O) groups is 2. The smallest absolute Gasteiger partial charge is 0.247 e. The Morgan fingerprint density at radius 1 is 1.04 bits per heavy atom. The first-order valence-corrected chi connectivity index (χ1v) is 10.6. The van der Waals surface area contributed by atoms with Gasteiger partial charge in [-0.15, -0.1) is 11.6 Å². The van der Waals surface area contributed by atoms with Crippen LogP contribution >= 0.6 is 11.6 Å². The van der Waals surface area contributed by atoms with E-state index in [0.29, 0.717) is 5.56 Å². The van der Waals surface area contributed by atoms with E-state index in [1.165, 1.54) is 18.6 Å². The SMILES string of the molecule is O=C(NC1CCCCC1)[C@H](c1ccc(F)cc1)N(C(=O)CCl)C1CCCC1. The maximum Gasteiger partial charge on any atom is 0.247 e. The summed E-state index contributed by atoms with van der Waals surface area (Å²) in [4.78, 5) is 27.6. The van der Waals surface area contributed by atoms with E-state index in [2.05, 4.69) is 5.32 Å². The van der Waals surface area contributed by atoms with E-state index >= 15 is 0 Å². The summed E-state index contributed by atoms with van der Waals surface area (Å²) in [6.07, 6.45) is 9.18.